The number of rotatable bonds is 2. The van der Waals surface area contributed by atoms with Gasteiger partial charge in [0.15, 0.2) is 5.82 Å². The summed E-state index contributed by atoms with van der Waals surface area (Å²) < 4.78 is 6.69. The predicted octanol–water partition coefficient (Wildman–Crippen LogP) is 0.468. The SMILES string of the molecule is COc1nc(-c2cnn(C)c2)ncc1N. The number of methoxy groups -OCH3 is 1. The van der Waals surface area contributed by atoms with Gasteiger partial charge < -0.3 is 10.5 Å². The van der Waals surface area contributed by atoms with Gasteiger partial charge in [-0.15, -0.1) is 0 Å². The van der Waals surface area contributed by atoms with Crippen LogP contribution in [0.2, 0.25) is 0 Å². The first kappa shape index (κ1) is 9.45. The van der Waals surface area contributed by atoms with Crippen LogP contribution in [-0.2, 0) is 7.05 Å². The molecule has 2 aromatic rings. The molecule has 2 N–H and O–H groups in total. The highest BCUT2D eigenvalue weighted by molar-refractivity contribution is 5.56. The van der Waals surface area contributed by atoms with Gasteiger partial charge in [0.25, 0.3) is 0 Å². The smallest absolute Gasteiger partial charge is 0.240 e. The molecular weight excluding hydrogens is 194 g/mol. The van der Waals surface area contributed by atoms with Crippen LogP contribution in [0.5, 0.6) is 5.88 Å². The molecule has 6 heteroatoms. The first-order valence-electron chi connectivity index (χ1n) is 4.36. The number of nitrogen functional groups attached to an aromatic ring is 1. The van der Waals surface area contributed by atoms with Crippen LogP contribution < -0.4 is 10.5 Å². The number of nitrogens with zero attached hydrogens (tertiary/aromatic N) is 4. The fraction of sp³-hybridized carbons (Fsp3) is 0.222. The normalized spacial score (nSPS) is 10.3. The molecule has 0 atom stereocenters. The summed E-state index contributed by atoms with van der Waals surface area (Å²) in [4.78, 5) is 8.26. The molecule has 0 aliphatic heterocycles. The molecule has 2 aromatic heterocycles. The molecule has 0 aliphatic rings. The van der Waals surface area contributed by atoms with Gasteiger partial charge in [-0.05, 0) is 0 Å². The average Bonchev–Trinajstić information content (AvgIpc) is 2.66. The minimum absolute atomic E-state index is 0.379. The number of aryl methyl sites for hydroxylation is 1. The first-order chi connectivity index (χ1) is 7.20. The summed E-state index contributed by atoms with van der Waals surface area (Å²) in [6.45, 7) is 0. The maximum absolute atomic E-state index is 5.61. The first-order valence-corrected chi connectivity index (χ1v) is 4.36. The van der Waals surface area contributed by atoms with E-state index in [-0.39, 0.29) is 0 Å². The van der Waals surface area contributed by atoms with Crippen molar-refractivity contribution < 1.29 is 4.74 Å². The topological polar surface area (TPSA) is 78.9 Å². The van der Waals surface area contributed by atoms with Crippen molar-refractivity contribution in [3.8, 4) is 17.3 Å². The lowest BCUT2D eigenvalue weighted by Crippen LogP contribution is -1.98. The Morgan fingerprint density at radius 1 is 1.40 bits per heavy atom. The molecule has 6 nitrogen and oxygen atoms in total. The van der Waals surface area contributed by atoms with E-state index in [4.69, 9.17) is 10.5 Å². The molecule has 0 spiro atoms. The summed E-state index contributed by atoms with van der Waals surface area (Å²) in [5.41, 5.74) is 6.86. The van der Waals surface area contributed by atoms with Crippen LogP contribution >= 0.6 is 0 Å². The van der Waals surface area contributed by atoms with E-state index in [1.807, 2.05) is 13.2 Å². The van der Waals surface area contributed by atoms with Gasteiger partial charge >= 0.3 is 0 Å². The second kappa shape index (κ2) is 3.56. The van der Waals surface area contributed by atoms with Crippen LogP contribution in [0.3, 0.4) is 0 Å². The fourth-order valence-electron chi connectivity index (χ4n) is 1.21. The molecule has 0 amide bonds. The molecule has 78 valence electrons. The van der Waals surface area contributed by atoms with E-state index in [2.05, 4.69) is 15.1 Å². The van der Waals surface area contributed by atoms with Gasteiger partial charge in [0, 0.05) is 13.2 Å². The minimum atomic E-state index is 0.379. The summed E-state index contributed by atoms with van der Waals surface area (Å²) >= 11 is 0. The third kappa shape index (κ3) is 1.74. The molecule has 0 radical (unpaired) electrons. The Morgan fingerprint density at radius 3 is 2.80 bits per heavy atom. The zero-order valence-electron chi connectivity index (χ0n) is 8.51. The van der Waals surface area contributed by atoms with Crippen LogP contribution in [0.4, 0.5) is 5.69 Å². The van der Waals surface area contributed by atoms with E-state index in [1.54, 1.807) is 10.9 Å². The van der Waals surface area contributed by atoms with Crippen molar-refractivity contribution in [2.75, 3.05) is 12.8 Å². The molecule has 0 unspecified atom stereocenters. The number of hydrogen-bond donors (Lipinski definition) is 1. The van der Waals surface area contributed by atoms with E-state index < -0.39 is 0 Å². The Balaban J connectivity index is 2.45. The lowest BCUT2D eigenvalue weighted by atomic mass is 10.3. The summed E-state index contributed by atoms with van der Waals surface area (Å²) in [5.74, 6) is 0.929. The van der Waals surface area contributed by atoms with Crippen molar-refractivity contribution in [3.63, 3.8) is 0 Å². The molecular formula is C9H11N5O. The Morgan fingerprint density at radius 2 is 2.20 bits per heavy atom. The van der Waals surface area contributed by atoms with Crippen LogP contribution in [0.15, 0.2) is 18.6 Å². The monoisotopic (exact) mass is 205 g/mol. The molecule has 0 bridgehead atoms. The third-order valence-electron chi connectivity index (χ3n) is 1.94. The van der Waals surface area contributed by atoms with Gasteiger partial charge in [-0.3, -0.25) is 4.68 Å². The number of ether oxygens (including phenoxy) is 1. The molecule has 0 saturated heterocycles. The average molecular weight is 205 g/mol. The lowest BCUT2D eigenvalue weighted by Gasteiger charge is -2.03. The minimum Gasteiger partial charge on any atom is -0.479 e. The van der Waals surface area contributed by atoms with Crippen molar-refractivity contribution >= 4 is 5.69 Å². The molecule has 2 rings (SSSR count). The Labute approximate surface area is 86.7 Å². The van der Waals surface area contributed by atoms with Crippen molar-refractivity contribution in [3.05, 3.63) is 18.6 Å². The van der Waals surface area contributed by atoms with E-state index in [9.17, 15) is 0 Å². The van der Waals surface area contributed by atoms with Crippen LogP contribution in [0.25, 0.3) is 11.4 Å². The Bertz CT molecular complexity index is 479. The molecule has 0 aliphatic carbocycles. The van der Waals surface area contributed by atoms with Crippen LogP contribution in [0.1, 0.15) is 0 Å². The maximum Gasteiger partial charge on any atom is 0.240 e. The van der Waals surface area contributed by atoms with Gasteiger partial charge in [-0.25, -0.2) is 4.98 Å². The second-order valence-electron chi connectivity index (χ2n) is 3.06. The predicted molar refractivity (Wildman–Crippen MR) is 55.2 cm³/mol. The molecule has 0 fully saturated rings. The highest BCUT2D eigenvalue weighted by Gasteiger charge is 2.07. The van der Waals surface area contributed by atoms with Gasteiger partial charge in [0.05, 0.1) is 25.1 Å². The molecule has 0 saturated carbocycles. The van der Waals surface area contributed by atoms with Crippen molar-refractivity contribution in [2.24, 2.45) is 7.05 Å². The van der Waals surface area contributed by atoms with E-state index in [0.29, 0.717) is 17.4 Å². The van der Waals surface area contributed by atoms with Crippen molar-refractivity contribution in [1.82, 2.24) is 19.7 Å². The number of aromatic nitrogens is 4. The fourth-order valence-corrected chi connectivity index (χ4v) is 1.21. The quantitative estimate of drug-likeness (QED) is 0.770. The standard InChI is InChI=1S/C9H11N5O/c1-14-5-6(3-12-14)8-11-4-7(10)9(13-8)15-2/h3-5H,10H2,1-2H3. The van der Waals surface area contributed by atoms with Crippen LogP contribution in [0, 0.1) is 0 Å². The summed E-state index contributed by atoms with van der Waals surface area (Å²) in [7, 11) is 3.35. The zero-order chi connectivity index (χ0) is 10.8. The summed E-state index contributed by atoms with van der Waals surface area (Å²) in [5, 5.41) is 4.04. The highest BCUT2D eigenvalue weighted by Crippen LogP contribution is 2.21. The maximum atomic E-state index is 5.61. The van der Waals surface area contributed by atoms with E-state index in [0.717, 1.165) is 5.56 Å². The molecule has 0 aromatic carbocycles. The van der Waals surface area contributed by atoms with E-state index in [1.165, 1.54) is 13.3 Å². The van der Waals surface area contributed by atoms with Gasteiger partial charge in [-0.2, -0.15) is 10.1 Å². The van der Waals surface area contributed by atoms with Crippen LogP contribution in [-0.4, -0.2) is 26.9 Å². The summed E-state index contributed by atoms with van der Waals surface area (Å²) in [6, 6.07) is 0. The van der Waals surface area contributed by atoms with Gasteiger partial charge in [0.2, 0.25) is 5.88 Å². The molecule has 2 heterocycles. The number of nitrogens with two attached hydrogens (primary N) is 1. The number of anilines is 1. The number of hydrogen-bond acceptors (Lipinski definition) is 5. The molecule has 15 heavy (non-hydrogen) atoms. The van der Waals surface area contributed by atoms with E-state index >= 15 is 0 Å². The Kier molecular flexibility index (Phi) is 2.24. The largest absolute Gasteiger partial charge is 0.479 e. The Hall–Kier alpha value is -2.11. The van der Waals surface area contributed by atoms with Crippen molar-refractivity contribution in [1.29, 1.82) is 0 Å². The lowest BCUT2D eigenvalue weighted by molar-refractivity contribution is 0.400. The van der Waals surface area contributed by atoms with Crippen molar-refractivity contribution in [2.45, 2.75) is 0 Å². The zero-order valence-corrected chi connectivity index (χ0v) is 8.51. The van der Waals surface area contributed by atoms with Gasteiger partial charge in [0.1, 0.15) is 5.69 Å². The summed E-state index contributed by atoms with van der Waals surface area (Å²) in [6.07, 6.45) is 5.03. The van der Waals surface area contributed by atoms with Gasteiger partial charge in [-0.1, -0.05) is 0 Å². The highest BCUT2D eigenvalue weighted by atomic mass is 16.5. The third-order valence-corrected chi connectivity index (χ3v) is 1.94. The second-order valence-corrected chi connectivity index (χ2v) is 3.06.